The van der Waals surface area contributed by atoms with Crippen LogP contribution in [0, 0.1) is 14.9 Å². The van der Waals surface area contributed by atoms with Gasteiger partial charge in [0.25, 0.3) is 6.43 Å². The molecule has 0 amide bonds. The Bertz CT molecular complexity index is 346. The molecule has 0 radical (unpaired) electrons. The highest BCUT2D eigenvalue weighted by Gasteiger charge is 2.09. The Balaban J connectivity index is 3.00. The molecule has 13 heavy (non-hydrogen) atoms. The zero-order valence-corrected chi connectivity index (χ0v) is 8.62. The predicted molar refractivity (Wildman–Crippen MR) is 51.2 cm³/mol. The summed E-state index contributed by atoms with van der Waals surface area (Å²) in [5.41, 5.74) is 0.443. The average Bonchev–Trinajstić information content (AvgIpc) is 2.08. The Morgan fingerprint density at radius 1 is 1.62 bits per heavy atom. The van der Waals surface area contributed by atoms with Crippen LogP contribution in [-0.2, 0) is 6.42 Å². The SMILES string of the molecule is N#CCc1ncc(C(F)F)cc1I. The molecule has 1 aromatic heterocycles. The summed E-state index contributed by atoms with van der Waals surface area (Å²) < 4.78 is 24.9. The lowest BCUT2D eigenvalue weighted by Crippen LogP contribution is -1.95. The van der Waals surface area contributed by atoms with Gasteiger partial charge in [0.1, 0.15) is 0 Å². The van der Waals surface area contributed by atoms with E-state index in [4.69, 9.17) is 5.26 Å². The van der Waals surface area contributed by atoms with Gasteiger partial charge in [0.15, 0.2) is 0 Å². The molecule has 0 aliphatic rings. The molecule has 0 fully saturated rings. The zero-order chi connectivity index (χ0) is 9.84. The highest BCUT2D eigenvalue weighted by Crippen LogP contribution is 2.21. The van der Waals surface area contributed by atoms with Gasteiger partial charge in [-0.25, -0.2) is 8.78 Å². The Labute approximate surface area is 87.7 Å². The van der Waals surface area contributed by atoms with Crippen molar-refractivity contribution in [2.75, 3.05) is 0 Å². The summed E-state index contributed by atoms with van der Waals surface area (Å²) >= 11 is 1.90. The lowest BCUT2D eigenvalue weighted by molar-refractivity contribution is 0.151. The van der Waals surface area contributed by atoms with Crippen molar-refractivity contribution < 1.29 is 8.78 Å². The van der Waals surface area contributed by atoms with Crippen LogP contribution in [0.4, 0.5) is 8.78 Å². The standard InChI is InChI=1S/C8H5F2IN2/c9-8(10)5-3-6(11)7(1-2-12)13-4-5/h3-4,8H,1H2. The van der Waals surface area contributed by atoms with Gasteiger partial charge in [-0.3, -0.25) is 4.98 Å². The molecule has 0 saturated heterocycles. The van der Waals surface area contributed by atoms with Gasteiger partial charge in [-0.15, -0.1) is 0 Å². The maximum absolute atomic E-state index is 12.2. The van der Waals surface area contributed by atoms with E-state index in [2.05, 4.69) is 4.98 Å². The molecular weight excluding hydrogens is 289 g/mol. The fourth-order valence-electron chi connectivity index (χ4n) is 0.805. The van der Waals surface area contributed by atoms with Crippen molar-refractivity contribution in [1.29, 1.82) is 5.26 Å². The van der Waals surface area contributed by atoms with Crippen molar-refractivity contribution in [2.24, 2.45) is 0 Å². The molecule has 0 unspecified atom stereocenters. The van der Waals surface area contributed by atoms with Crippen molar-refractivity contribution >= 4 is 22.6 Å². The van der Waals surface area contributed by atoms with E-state index in [0.29, 0.717) is 9.26 Å². The first kappa shape index (κ1) is 10.3. The number of hydrogen-bond acceptors (Lipinski definition) is 2. The summed E-state index contributed by atoms with van der Waals surface area (Å²) in [6, 6.07) is 3.27. The second kappa shape index (κ2) is 4.46. The van der Waals surface area contributed by atoms with Gasteiger partial charge in [0.2, 0.25) is 0 Å². The second-order valence-electron chi connectivity index (χ2n) is 2.33. The highest BCUT2D eigenvalue weighted by molar-refractivity contribution is 14.1. The number of hydrogen-bond donors (Lipinski definition) is 0. The van der Waals surface area contributed by atoms with Crippen molar-refractivity contribution in [3.63, 3.8) is 0 Å². The number of pyridine rings is 1. The Morgan fingerprint density at radius 3 is 2.77 bits per heavy atom. The minimum atomic E-state index is -2.50. The summed E-state index contributed by atoms with van der Waals surface area (Å²) in [5.74, 6) is 0. The first-order chi connectivity index (χ1) is 6.15. The van der Waals surface area contributed by atoms with E-state index >= 15 is 0 Å². The minimum absolute atomic E-state index is 0.105. The molecule has 0 spiro atoms. The van der Waals surface area contributed by atoms with Gasteiger partial charge in [0, 0.05) is 15.3 Å². The van der Waals surface area contributed by atoms with Gasteiger partial charge >= 0.3 is 0 Å². The average molecular weight is 294 g/mol. The highest BCUT2D eigenvalue weighted by atomic mass is 127. The first-order valence-corrected chi connectivity index (χ1v) is 4.52. The van der Waals surface area contributed by atoms with Crippen LogP contribution >= 0.6 is 22.6 Å². The maximum atomic E-state index is 12.2. The third-order valence-corrected chi connectivity index (χ3v) is 2.37. The number of alkyl halides is 2. The fraction of sp³-hybridized carbons (Fsp3) is 0.250. The number of rotatable bonds is 2. The number of halogens is 3. The largest absolute Gasteiger partial charge is 0.265 e. The maximum Gasteiger partial charge on any atom is 0.265 e. The van der Waals surface area contributed by atoms with Crippen LogP contribution in [0.2, 0.25) is 0 Å². The Kier molecular flexibility index (Phi) is 3.54. The lowest BCUT2D eigenvalue weighted by atomic mass is 10.2. The molecule has 0 aliphatic carbocycles. The van der Waals surface area contributed by atoms with E-state index in [1.54, 1.807) is 0 Å². The molecule has 0 bridgehead atoms. The van der Waals surface area contributed by atoms with E-state index in [1.165, 1.54) is 6.07 Å². The van der Waals surface area contributed by atoms with E-state index in [0.717, 1.165) is 6.20 Å². The van der Waals surface area contributed by atoms with Gasteiger partial charge < -0.3 is 0 Å². The van der Waals surface area contributed by atoms with Crippen LogP contribution in [0.5, 0.6) is 0 Å². The number of aromatic nitrogens is 1. The van der Waals surface area contributed by atoms with Crippen LogP contribution < -0.4 is 0 Å². The molecule has 0 atom stereocenters. The van der Waals surface area contributed by atoms with Gasteiger partial charge in [0.05, 0.1) is 18.2 Å². The van der Waals surface area contributed by atoms with Crippen LogP contribution in [0.15, 0.2) is 12.3 Å². The minimum Gasteiger partial charge on any atom is -0.259 e. The van der Waals surface area contributed by atoms with Crippen LogP contribution in [0.3, 0.4) is 0 Å². The smallest absolute Gasteiger partial charge is 0.259 e. The van der Waals surface area contributed by atoms with Gasteiger partial charge in [-0.05, 0) is 28.7 Å². The molecule has 0 N–H and O–H groups in total. The summed E-state index contributed by atoms with van der Waals surface area (Å²) in [4.78, 5) is 3.78. The summed E-state index contributed by atoms with van der Waals surface area (Å²) in [5, 5.41) is 8.38. The van der Waals surface area contributed by atoms with E-state index in [1.807, 2.05) is 28.7 Å². The third-order valence-electron chi connectivity index (χ3n) is 1.44. The molecule has 0 saturated carbocycles. The molecule has 1 aromatic rings. The van der Waals surface area contributed by atoms with Crippen LogP contribution in [-0.4, -0.2) is 4.98 Å². The second-order valence-corrected chi connectivity index (χ2v) is 3.49. The van der Waals surface area contributed by atoms with E-state index in [-0.39, 0.29) is 12.0 Å². The van der Waals surface area contributed by atoms with Gasteiger partial charge in [-0.2, -0.15) is 5.26 Å². The summed E-state index contributed by atoms with van der Waals surface area (Å²) in [6.45, 7) is 0. The summed E-state index contributed by atoms with van der Waals surface area (Å²) in [7, 11) is 0. The quantitative estimate of drug-likeness (QED) is 0.786. The first-order valence-electron chi connectivity index (χ1n) is 3.44. The van der Waals surface area contributed by atoms with E-state index in [9.17, 15) is 8.78 Å². The van der Waals surface area contributed by atoms with Crippen molar-refractivity contribution in [1.82, 2.24) is 4.98 Å². The lowest BCUT2D eigenvalue weighted by Gasteiger charge is -2.02. The predicted octanol–water partition coefficient (Wildman–Crippen LogP) is 2.69. The monoisotopic (exact) mass is 294 g/mol. The Hall–Kier alpha value is -0.770. The number of nitriles is 1. The zero-order valence-electron chi connectivity index (χ0n) is 6.47. The van der Waals surface area contributed by atoms with Crippen molar-refractivity contribution in [2.45, 2.75) is 12.8 Å². The molecule has 2 nitrogen and oxygen atoms in total. The van der Waals surface area contributed by atoms with Crippen LogP contribution in [0.25, 0.3) is 0 Å². The van der Waals surface area contributed by atoms with Crippen molar-refractivity contribution in [3.05, 3.63) is 27.1 Å². The van der Waals surface area contributed by atoms with Crippen LogP contribution in [0.1, 0.15) is 17.7 Å². The normalized spacial score (nSPS) is 10.1. The third kappa shape index (κ3) is 2.59. The number of nitrogens with zero attached hydrogens (tertiary/aromatic N) is 2. The molecule has 68 valence electrons. The topological polar surface area (TPSA) is 36.7 Å². The molecular formula is C8H5F2IN2. The Morgan fingerprint density at radius 2 is 2.31 bits per heavy atom. The molecule has 1 rings (SSSR count). The molecule has 1 heterocycles. The molecule has 0 aromatic carbocycles. The summed E-state index contributed by atoms with van der Waals surface area (Å²) in [6.07, 6.45) is -1.24. The fourth-order valence-corrected chi connectivity index (χ4v) is 1.49. The van der Waals surface area contributed by atoms with Gasteiger partial charge in [-0.1, -0.05) is 0 Å². The molecule has 0 aliphatic heterocycles. The molecule has 5 heteroatoms. The van der Waals surface area contributed by atoms with Crippen molar-refractivity contribution in [3.8, 4) is 6.07 Å². The van der Waals surface area contributed by atoms with E-state index < -0.39 is 6.43 Å².